The first-order valence-corrected chi connectivity index (χ1v) is 28.0. The Bertz CT molecular complexity index is 4950. The van der Waals surface area contributed by atoms with Crippen LogP contribution in [0.5, 0.6) is 0 Å². The molecule has 0 bridgehead atoms. The highest BCUT2D eigenvalue weighted by Gasteiger charge is 2.25. The molecule has 0 aliphatic carbocycles. The Hall–Kier alpha value is -13.6. The number of oxazole rings is 1. The summed E-state index contributed by atoms with van der Waals surface area (Å²) in [5.41, 5.74) is 7.67. The fourth-order valence-corrected chi connectivity index (χ4v) is 8.97. The maximum Gasteiger partial charge on any atom is 0.334 e. The van der Waals surface area contributed by atoms with Crippen LogP contribution in [0.15, 0.2) is 195 Å². The van der Waals surface area contributed by atoms with Crippen molar-refractivity contribution in [1.29, 1.82) is 0 Å². The van der Waals surface area contributed by atoms with Gasteiger partial charge in [-0.05, 0) is 61.0 Å². The molecule has 34 heteroatoms. The van der Waals surface area contributed by atoms with Gasteiger partial charge in [-0.2, -0.15) is 0 Å². The van der Waals surface area contributed by atoms with Crippen molar-refractivity contribution >= 4 is 96.7 Å². The molecule has 0 aliphatic heterocycles. The minimum absolute atomic E-state index is 0.0337. The van der Waals surface area contributed by atoms with E-state index in [1.54, 1.807) is 68.3 Å². The van der Waals surface area contributed by atoms with E-state index in [0.29, 0.717) is 93.3 Å². The largest absolute Gasteiger partial charge is 0.479 e. The average Bonchev–Trinajstić information content (AvgIpc) is 2.11. The highest BCUT2D eigenvalue weighted by atomic mass is 16.4. The minimum Gasteiger partial charge on any atom is -0.479 e. The zero-order valence-corrected chi connectivity index (χ0v) is 48.8. The zero-order chi connectivity index (χ0) is 63.7. The fourth-order valence-electron chi connectivity index (χ4n) is 8.97. The number of ketones is 1. The van der Waals surface area contributed by atoms with Gasteiger partial charge in [0.05, 0.1) is 75.8 Å². The number of fused-ring (bicyclic) bond motifs is 5. The number of benzene rings is 1. The van der Waals surface area contributed by atoms with Gasteiger partial charge in [-0.3, -0.25) is 4.79 Å². The van der Waals surface area contributed by atoms with E-state index in [0.717, 1.165) is 45.0 Å². The van der Waals surface area contributed by atoms with E-state index in [4.69, 9.17) is 22.1 Å². The summed E-state index contributed by atoms with van der Waals surface area (Å²) >= 11 is 0. The Morgan fingerprint density at radius 3 is 1.35 bits per heavy atom. The number of carbonyl (C=O) groups is 2. The Morgan fingerprint density at radius 1 is 0.452 bits per heavy atom. The van der Waals surface area contributed by atoms with Crippen molar-refractivity contribution in [3.05, 3.63) is 214 Å². The molecule has 0 amide bonds. The van der Waals surface area contributed by atoms with Crippen LogP contribution in [0.1, 0.15) is 77.0 Å². The molecule has 0 aliphatic rings. The van der Waals surface area contributed by atoms with E-state index in [1.807, 2.05) is 61.5 Å². The topological polar surface area (TPSA) is 465 Å². The smallest absolute Gasteiger partial charge is 0.334 e. The van der Waals surface area contributed by atoms with Crippen LogP contribution >= 0.6 is 0 Å². The lowest BCUT2D eigenvalue weighted by molar-refractivity contribution is -0.138. The number of nitrogens with one attached hydrogen (secondary N) is 10. The minimum atomic E-state index is -1.07. The molecule has 0 saturated heterocycles. The molecule has 34 nitrogen and oxygen atoms in total. The molecule has 3 unspecified atom stereocenters. The number of imidazole rings is 5. The van der Waals surface area contributed by atoms with Crippen LogP contribution in [-0.4, -0.2) is 122 Å². The molecule has 16 rings (SSSR count). The van der Waals surface area contributed by atoms with Crippen molar-refractivity contribution in [2.24, 2.45) is 0 Å². The molecule has 11 N–H and O–H groups in total. The number of rotatable bonds is 18. The summed E-state index contributed by atoms with van der Waals surface area (Å²) in [4.78, 5) is 103. The van der Waals surface area contributed by atoms with Gasteiger partial charge < -0.3 is 78.7 Å². The Kier molecular flexibility index (Phi) is 18.3. The lowest BCUT2D eigenvalue weighted by atomic mass is 10.0. The molecule has 0 spiro atoms. The second kappa shape index (κ2) is 28.5. The number of aliphatic carboxylic acids is 1. The van der Waals surface area contributed by atoms with E-state index < -0.39 is 12.0 Å². The molecule has 15 heterocycles. The number of carboxylic acids is 1. The Morgan fingerprint density at radius 2 is 0.903 bits per heavy atom. The first-order chi connectivity index (χ1) is 45.7. The first kappa shape index (κ1) is 59.8. The highest BCUT2D eigenvalue weighted by molar-refractivity contribution is 5.91. The monoisotopic (exact) mass is 1250 g/mol. The van der Waals surface area contributed by atoms with Gasteiger partial charge in [-0.15, -0.1) is 0 Å². The van der Waals surface area contributed by atoms with Crippen LogP contribution in [-0.2, 0) is 17.9 Å². The van der Waals surface area contributed by atoms with E-state index in [1.165, 1.54) is 57.4 Å². The molecule has 0 radical (unpaired) electrons. The fraction of sp³-hybridized carbons (Fsp3) is 0.119. The van der Waals surface area contributed by atoms with Crippen molar-refractivity contribution < 1.29 is 36.8 Å². The summed E-state index contributed by atoms with van der Waals surface area (Å²) in [6.45, 7) is 4.37. The van der Waals surface area contributed by atoms with Crippen LogP contribution in [0.4, 0.5) is 29.1 Å². The molecule has 466 valence electrons. The van der Waals surface area contributed by atoms with Gasteiger partial charge in [0.15, 0.2) is 74.9 Å². The van der Waals surface area contributed by atoms with Gasteiger partial charge >= 0.3 is 5.97 Å². The number of furan rings is 4. The SMILES string of the molecule is CC(=O)c1ccc(CNc2ncnc3nc[nH]c23)o1.CC(Nc1ncnc2nc[nH]c12)c1ccco1.O=C(O)C(Nc1ncnc2nc[nH]c12)c1ccco1.c1ccc(C(Nc2ncnc3nc[nH]c23)c2ccco2)cc1.c1coc(CNc2ncnc3nc[nH]c23)n1. The van der Waals surface area contributed by atoms with Crippen LogP contribution < -0.4 is 26.6 Å². The number of aromatic amines is 5. The molecular formula is C59H52N26O8. The molecular weight excluding hydrogens is 1200 g/mol. The summed E-state index contributed by atoms with van der Waals surface area (Å²) in [5, 5.41) is 24.9. The maximum atomic E-state index is 11.3. The number of Topliss-reactive ketones (excluding diaryl/α,β-unsaturated/α-hetero) is 1. The summed E-state index contributed by atoms with van der Waals surface area (Å²) in [7, 11) is 0. The predicted octanol–water partition coefficient (Wildman–Crippen LogP) is 9.16. The third kappa shape index (κ3) is 14.6. The third-order valence-corrected chi connectivity index (χ3v) is 13.4. The number of aromatic nitrogens is 21. The molecule has 1 aromatic carbocycles. The van der Waals surface area contributed by atoms with Crippen molar-refractivity contribution in [3.63, 3.8) is 0 Å². The van der Waals surface area contributed by atoms with Crippen LogP contribution in [0.25, 0.3) is 55.8 Å². The normalized spacial score (nSPS) is 11.8. The summed E-state index contributed by atoms with van der Waals surface area (Å²) < 4.78 is 26.5. The standard InChI is InChI=1S/C16H13N5O.C12H11N5O2.C11H9N5O3.C11H11N5O.C9H8N6O/c1-2-5-11(6-3-1)13(12-7-4-8-22-12)21-16-14-15(18-9-17-14)19-10-20-16;1-7(18)9-3-2-8(19-9)4-13-11-10-12(15-5-14-10)17-6-16-11;17-11(18)7(6-2-1-3-19-6)16-10-8-9(13-4-12-8)14-5-15-10;1-7(8-3-2-4-17-8)16-11-9-10(13-5-12-9)14-6-15-11;1-2-16-6(10-1)3-11-8-7-9(13-4-12-7)15-5-14-8/h1-10,13H,(H2,17,18,19,20,21);2-3,5-6H,4H2,1H3,(H2,13,14,15,16,17);1-5,7H,(H,17,18)(H2,12,13,14,15,16);2-7H,1H3,(H2,12,13,14,15,16);1-2,4-5H,3H2,(H2,11,12,13,14,15). The first-order valence-electron chi connectivity index (χ1n) is 28.0. The number of carbonyl (C=O) groups excluding carboxylic acids is 1. The number of hydrogen-bond acceptors (Lipinski definition) is 28. The van der Waals surface area contributed by atoms with Gasteiger partial charge in [0.1, 0.15) is 94.6 Å². The van der Waals surface area contributed by atoms with E-state index >= 15 is 0 Å². The third-order valence-electron chi connectivity index (χ3n) is 13.4. The van der Waals surface area contributed by atoms with E-state index in [9.17, 15) is 14.7 Å². The van der Waals surface area contributed by atoms with Crippen molar-refractivity contribution in [1.82, 2.24) is 105 Å². The number of hydrogen-bond donors (Lipinski definition) is 11. The molecule has 93 heavy (non-hydrogen) atoms. The molecule has 3 atom stereocenters. The number of anilines is 5. The van der Waals surface area contributed by atoms with E-state index in [2.05, 4.69) is 131 Å². The molecule has 0 saturated carbocycles. The van der Waals surface area contributed by atoms with Gasteiger partial charge in [0.25, 0.3) is 0 Å². The van der Waals surface area contributed by atoms with Gasteiger partial charge in [0.2, 0.25) is 5.89 Å². The van der Waals surface area contributed by atoms with Crippen molar-refractivity contribution in [2.75, 3.05) is 26.6 Å². The van der Waals surface area contributed by atoms with Gasteiger partial charge in [-0.1, -0.05) is 30.3 Å². The molecule has 16 aromatic rings. The number of H-pyrrole nitrogens is 5. The zero-order valence-electron chi connectivity index (χ0n) is 48.8. The lowest BCUT2D eigenvalue weighted by Crippen LogP contribution is -2.20. The quantitative estimate of drug-likeness (QED) is 0.0356. The highest BCUT2D eigenvalue weighted by Crippen LogP contribution is 2.29. The summed E-state index contributed by atoms with van der Waals surface area (Å²) in [5.74, 6) is 5.51. The maximum absolute atomic E-state index is 11.3. The van der Waals surface area contributed by atoms with Crippen LogP contribution in [0.3, 0.4) is 0 Å². The molecule has 0 fully saturated rings. The van der Waals surface area contributed by atoms with Crippen LogP contribution in [0, 0.1) is 0 Å². The predicted molar refractivity (Wildman–Crippen MR) is 332 cm³/mol. The second-order valence-electron chi connectivity index (χ2n) is 19.4. The van der Waals surface area contributed by atoms with E-state index in [-0.39, 0.29) is 17.9 Å². The molecule has 15 aromatic heterocycles. The van der Waals surface area contributed by atoms with Crippen molar-refractivity contribution in [3.8, 4) is 0 Å². The van der Waals surface area contributed by atoms with Gasteiger partial charge in [-0.25, -0.2) is 84.5 Å². The summed E-state index contributed by atoms with van der Waals surface area (Å²) in [6, 6.07) is 23.2. The summed E-state index contributed by atoms with van der Waals surface area (Å²) in [6.07, 6.45) is 22.9. The number of carboxylic acid groups (broad SMARTS) is 1. The van der Waals surface area contributed by atoms with Crippen molar-refractivity contribution in [2.45, 2.75) is 45.1 Å². The Balaban J connectivity index is 0.000000112. The average molecular weight is 1250 g/mol. The Labute approximate surface area is 521 Å². The number of nitrogens with zero attached hydrogens (tertiary/aromatic N) is 16. The second-order valence-corrected chi connectivity index (χ2v) is 19.4. The van der Waals surface area contributed by atoms with Gasteiger partial charge in [0, 0.05) is 6.92 Å². The van der Waals surface area contributed by atoms with Crippen LogP contribution in [0.2, 0.25) is 0 Å². The lowest BCUT2D eigenvalue weighted by Gasteiger charge is -2.17.